The van der Waals surface area contributed by atoms with E-state index in [0.29, 0.717) is 24.2 Å². The normalized spacial score (nSPS) is 17.8. The molecule has 2 unspecified atom stereocenters. The number of carbonyl (C=O) groups excluding carboxylic acids is 1. The van der Waals surface area contributed by atoms with Crippen LogP contribution in [0.4, 0.5) is 17.6 Å². The van der Waals surface area contributed by atoms with Crippen molar-refractivity contribution in [3.05, 3.63) is 70.4 Å². The summed E-state index contributed by atoms with van der Waals surface area (Å²) in [4.78, 5) is 15.0. The van der Waals surface area contributed by atoms with Crippen molar-refractivity contribution in [2.45, 2.75) is 38.8 Å². The zero-order chi connectivity index (χ0) is 24.0. The minimum Gasteiger partial charge on any atom is -0.494 e. The number of hydrogen-bond acceptors (Lipinski definition) is 3. The Bertz CT molecular complexity index is 1220. The molecule has 4 rings (SSSR count). The zero-order valence-electron chi connectivity index (χ0n) is 18.6. The van der Waals surface area contributed by atoms with E-state index in [1.165, 1.54) is 23.9 Å². The number of rotatable bonds is 4. The first-order chi connectivity index (χ1) is 15.7. The lowest BCUT2D eigenvalue weighted by molar-refractivity contribution is 0.0540. The van der Waals surface area contributed by atoms with Crippen LogP contribution in [0.5, 0.6) is 5.75 Å². The number of amides is 1. The first-order valence-corrected chi connectivity index (χ1v) is 10.5. The Hall–Kier alpha value is -3.36. The van der Waals surface area contributed by atoms with Gasteiger partial charge in [-0.15, -0.1) is 0 Å². The molecule has 0 bridgehead atoms. The molecule has 2 atom stereocenters. The fraction of sp³-hybridized carbons (Fsp3) is 0.333. The fourth-order valence-corrected chi connectivity index (χ4v) is 4.62. The summed E-state index contributed by atoms with van der Waals surface area (Å²) in [5.41, 5.74) is 1.76. The van der Waals surface area contributed by atoms with Gasteiger partial charge in [-0.05, 0) is 44.0 Å². The molecule has 1 aliphatic rings. The summed E-state index contributed by atoms with van der Waals surface area (Å²) < 4.78 is 62.7. The fourth-order valence-electron chi connectivity index (χ4n) is 4.62. The maximum atomic E-state index is 14.8. The molecule has 0 saturated carbocycles. The number of aryl methyl sites for hydroxylation is 1. The lowest BCUT2D eigenvalue weighted by Crippen LogP contribution is -2.46. The molecule has 1 amide bonds. The van der Waals surface area contributed by atoms with Crippen LogP contribution in [0.1, 0.15) is 47.9 Å². The van der Waals surface area contributed by atoms with Crippen LogP contribution in [-0.2, 0) is 13.5 Å². The number of halogens is 4. The number of fused-ring (bicyclic) bond motifs is 1. The van der Waals surface area contributed by atoms with Gasteiger partial charge in [-0.3, -0.25) is 9.48 Å². The number of nitrogens with zero attached hydrogens (tertiary/aromatic N) is 3. The first kappa shape index (κ1) is 22.8. The van der Waals surface area contributed by atoms with Gasteiger partial charge in [0.25, 0.3) is 5.91 Å². The van der Waals surface area contributed by atoms with Crippen LogP contribution in [0.25, 0.3) is 11.3 Å². The number of carbonyl (C=O) groups is 1. The zero-order valence-corrected chi connectivity index (χ0v) is 18.6. The summed E-state index contributed by atoms with van der Waals surface area (Å²) >= 11 is 0. The smallest absolute Gasteiger partial charge is 0.257 e. The molecule has 1 aromatic heterocycles. The molecular formula is C24H23F4N3O2. The summed E-state index contributed by atoms with van der Waals surface area (Å²) in [6.45, 7) is 3.68. The highest BCUT2D eigenvalue weighted by Gasteiger charge is 2.39. The van der Waals surface area contributed by atoms with Gasteiger partial charge >= 0.3 is 0 Å². The Labute approximate surface area is 188 Å². The highest BCUT2D eigenvalue weighted by atomic mass is 19.2. The number of benzene rings is 2. The minimum absolute atomic E-state index is 0.0280. The second kappa shape index (κ2) is 8.53. The molecule has 2 aromatic carbocycles. The monoisotopic (exact) mass is 461 g/mol. The van der Waals surface area contributed by atoms with Crippen LogP contribution in [0.15, 0.2) is 30.3 Å². The molecule has 5 nitrogen and oxygen atoms in total. The molecule has 1 aliphatic heterocycles. The van der Waals surface area contributed by atoms with Gasteiger partial charge in [-0.2, -0.15) is 5.10 Å². The van der Waals surface area contributed by atoms with Gasteiger partial charge in [0.15, 0.2) is 29.0 Å². The standard InChI is InChI=1S/C24H23F4N3O2/c1-5-14-11-16-22(29-30(3)23(16)13-9-17(25)21(28)18(26)10-13)12(2)31(14)24(32)15-7-6-8-19(33-4)20(15)27/h6-10,12,14H,5,11H2,1-4H3. The summed E-state index contributed by atoms with van der Waals surface area (Å²) in [6.07, 6.45) is 0.902. The second-order valence-corrected chi connectivity index (χ2v) is 8.07. The Morgan fingerprint density at radius 2 is 1.82 bits per heavy atom. The van der Waals surface area contributed by atoms with E-state index < -0.39 is 35.2 Å². The van der Waals surface area contributed by atoms with E-state index in [1.54, 1.807) is 24.9 Å². The number of methoxy groups -OCH3 is 1. The van der Waals surface area contributed by atoms with Crippen LogP contribution in [-0.4, -0.2) is 33.7 Å². The summed E-state index contributed by atoms with van der Waals surface area (Å²) in [5.74, 6) is -5.38. The van der Waals surface area contributed by atoms with Crippen molar-refractivity contribution in [1.29, 1.82) is 0 Å². The summed E-state index contributed by atoms with van der Waals surface area (Å²) in [7, 11) is 2.95. The largest absolute Gasteiger partial charge is 0.494 e. The average Bonchev–Trinajstić information content (AvgIpc) is 3.12. The average molecular weight is 461 g/mol. The third-order valence-electron chi connectivity index (χ3n) is 6.20. The molecule has 2 heterocycles. The van der Waals surface area contributed by atoms with E-state index in [1.807, 2.05) is 6.92 Å². The number of hydrogen-bond donors (Lipinski definition) is 0. The molecule has 0 aliphatic carbocycles. The highest BCUT2D eigenvalue weighted by Crippen LogP contribution is 2.40. The van der Waals surface area contributed by atoms with Crippen molar-refractivity contribution in [3.8, 4) is 17.0 Å². The van der Waals surface area contributed by atoms with Gasteiger partial charge in [0.2, 0.25) is 0 Å². The molecule has 0 spiro atoms. The lowest BCUT2D eigenvalue weighted by atomic mass is 9.88. The molecule has 0 N–H and O–H groups in total. The number of aromatic nitrogens is 2. The molecule has 33 heavy (non-hydrogen) atoms. The molecule has 174 valence electrons. The highest BCUT2D eigenvalue weighted by molar-refractivity contribution is 5.95. The van der Waals surface area contributed by atoms with Crippen molar-refractivity contribution >= 4 is 5.91 Å². The maximum Gasteiger partial charge on any atom is 0.257 e. The molecule has 0 saturated heterocycles. The SMILES string of the molecule is CCC1Cc2c(nn(C)c2-c2cc(F)c(F)c(F)c2)C(C)N1C(=O)c1cccc(OC)c1F. The van der Waals surface area contributed by atoms with Crippen LogP contribution in [0.2, 0.25) is 0 Å². The van der Waals surface area contributed by atoms with Crippen molar-refractivity contribution in [1.82, 2.24) is 14.7 Å². The third kappa shape index (κ3) is 3.65. The molecule has 0 fully saturated rings. The van der Waals surface area contributed by atoms with Gasteiger partial charge in [0, 0.05) is 24.2 Å². The van der Waals surface area contributed by atoms with E-state index in [4.69, 9.17) is 4.74 Å². The topological polar surface area (TPSA) is 47.4 Å². The summed E-state index contributed by atoms with van der Waals surface area (Å²) in [5, 5.41) is 4.51. The molecule has 3 aromatic rings. The van der Waals surface area contributed by atoms with Crippen molar-refractivity contribution in [3.63, 3.8) is 0 Å². The van der Waals surface area contributed by atoms with Gasteiger partial charge in [-0.1, -0.05) is 13.0 Å². The van der Waals surface area contributed by atoms with Crippen molar-refractivity contribution < 1.29 is 27.1 Å². The summed E-state index contributed by atoms with van der Waals surface area (Å²) in [6, 6.07) is 5.41. The van der Waals surface area contributed by atoms with Crippen LogP contribution in [0.3, 0.4) is 0 Å². The van der Waals surface area contributed by atoms with Crippen LogP contribution < -0.4 is 4.74 Å². The van der Waals surface area contributed by atoms with Gasteiger partial charge in [0.05, 0.1) is 30.1 Å². The van der Waals surface area contributed by atoms with Crippen LogP contribution >= 0.6 is 0 Å². The lowest BCUT2D eigenvalue weighted by Gasteiger charge is -2.40. The van der Waals surface area contributed by atoms with E-state index in [-0.39, 0.29) is 22.9 Å². The van der Waals surface area contributed by atoms with E-state index in [9.17, 15) is 22.4 Å². The van der Waals surface area contributed by atoms with Gasteiger partial charge in [-0.25, -0.2) is 17.6 Å². The van der Waals surface area contributed by atoms with E-state index in [0.717, 1.165) is 17.7 Å². The van der Waals surface area contributed by atoms with Gasteiger partial charge in [0.1, 0.15) is 0 Å². The predicted octanol–water partition coefficient (Wildman–Crippen LogP) is 5.19. The van der Waals surface area contributed by atoms with Crippen LogP contribution in [0, 0.1) is 23.3 Å². The Kier molecular flexibility index (Phi) is 5.90. The second-order valence-electron chi connectivity index (χ2n) is 8.07. The molecular weight excluding hydrogens is 438 g/mol. The Balaban J connectivity index is 1.80. The van der Waals surface area contributed by atoms with Gasteiger partial charge < -0.3 is 9.64 Å². The van der Waals surface area contributed by atoms with E-state index >= 15 is 0 Å². The Morgan fingerprint density at radius 3 is 2.42 bits per heavy atom. The van der Waals surface area contributed by atoms with Crippen molar-refractivity contribution in [2.24, 2.45) is 7.05 Å². The molecule has 9 heteroatoms. The Morgan fingerprint density at radius 1 is 1.15 bits per heavy atom. The molecule has 0 radical (unpaired) electrons. The number of ether oxygens (including phenoxy) is 1. The maximum absolute atomic E-state index is 14.8. The predicted molar refractivity (Wildman–Crippen MR) is 114 cm³/mol. The van der Waals surface area contributed by atoms with Crippen molar-refractivity contribution in [2.75, 3.05) is 7.11 Å². The van der Waals surface area contributed by atoms with E-state index in [2.05, 4.69) is 5.10 Å². The minimum atomic E-state index is -1.54. The first-order valence-electron chi connectivity index (χ1n) is 10.5. The quantitative estimate of drug-likeness (QED) is 0.397. The third-order valence-corrected chi connectivity index (χ3v) is 6.20.